The summed E-state index contributed by atoms with van der Waals surface area (Å²) >= 11 is 0. The lowest BCUT2D eigenvalue weighted by molar-refractivity contribution is 0.397. The lowest BCUT2D eigenvalue weighted by Gasteiger charge is -2.14. The molecule has 0 aliphatic heterocycles. The highest BCUT2D eigenvalue weighted by molar-refractivity contribution is 5.79. The van der Waals surface area contributed by atoms with E-state index in [0.29, 0.717) is 19.0 Å². The second-order valence-electron chi connectivity index (χ2n) is 5.96. The second kappa shape index (κ2) is 9.38. The molecule has 0 bridgehead atoms. The van der Waals surface area contributed by atoms with E-state index in [1.54, 1.807) is 26.6 Å². The quantitative estimate of drug-likeness (QED) is 0.496. The van der Waals surface area contributed by atoms with Crippen LogP contribution in [0, 0.1) is 0 Å². The Hall–Kier alpha value is -3.35. The van der Waals surface area contributed by atoms with Gasteiger partial charge in [0.1, 0.15) is 0 Å². The van der Waals surface area contributed by atoms with Gasteiger partial charge in [-0.1, -0.05) is 24.3 Å². The molecular formula is C20H24N6O. The first-order chi connectivity index (χ1) is 13.3. The minimum Gasteiger partial charge on any atom is -0.481 e. The van der Waals surface area contributed by atoms with Gasteiger partial charge in [-0.3, -0.25) is 9.67 Å². The van der Waals surface area contributed by atoms with Crippen LogP contribution < -0.4 is 15.4 Å². The van der Waals surface area contributed by atoms with Crippen molar-refractivity contribution in [2.45, 2.75) is 19.6 Å². The number of aliphatic imine (C=N–C) groups is 1. The Morgan fingerprint density at radius 1 is 1.07 bits per heavy atom. The molecule has 0 aliphatic rings. The van der Waals surface area contributed by atoms with Crippen molar-refractivity contribution in [1.82, 2.24) is 25.4 Å². The smallest absolute Gasteiger partial charge is 0.213 e. The van der Waals surface area contributed by atoms with Gasteiger partial charge in [0.05, 0.1) is 13.7 Å². The maximum atomic E-state index is 5.16. The molecule has 27 heavy (non-hydrogen) atoms. The molecule has 2 heterocycles. The summed E-state index contributed by atoms with van der Waals surface area (Å²) in [5.41, 5.74) is 3.51. The topological polar surface area (TPSA) is 76.4 Å². The van der Waals surface area contributed by atoms with E-state index in [1.165, 1.54) is 11.1 Å². The number of rotatable bonds is 7. The highest BCUT2D eigenvalue weighted by Gasteiger charge is 2.05. The second-order valence-corrected chi connectivity index (χ2v) is 5.96. The summed E-state index contributed by atoms with van der Waals surface area (Å²) in [6, 6.07) is 14.1. The van der Waals surface area contributed by atoms with Crippen molar-refractivity contribution < 1.29 is 4.74 Å². The Kier molecular flexibility index (Phi) is 6.40. The van der Waals surface area contributed by atoms with E-state index in [2.05, 4.69) is 37.8 Å². The van der Waals surface area contributed by atoms with Crippen molar-refractivity contribution in [2.24, 2.45) is 4.99 Å². The molecule has 0 radical (unpaired) electrons. The third kappa shape index (κ3) is 5.31. The first kappa shape index (κ1) is 18.4. The van der Waals surface area contributed by atoms with Crippen LogP contribution in [0.1, 0.15) is 16.7 Å². The van der Waals surface area contributed by atoms with Gasteiger partial charge in [-0.25, -0.2) is 4.98 Å². The normalized spacial score (nSPS) is 11.3. The van der Waals surface area contributed by atoms with Crippen LogP contribution in [-0.4, -0.2) is 34.9 Å². The van der Waals surface area contributed by atoms with Crippen molar-refractivity contribution in [3.05, 3.63) is 77.7 Å². The number of guanidine groups is 1. The number of nitrogens with zero attached hydrogens (tertiary/aromatic N) is 4. The summed E-state index contributed by atoms with van der Waals surface area (Å²) < 4.78 is 7.08. The molecule has 2 N–H and O–H groups in total. The van der Waals surface area contributed by atoms with Gasteiger partial charge in [-0.15, -0.1) is 0 Å². The number of aromatic nitrogens is 3. The molecule has 3 aromatic rings. The Morgan fingerprint density at radius 3 is 2.63 bits per heavy atom. The number of ether oxygens (including phenoxy) is 1. The summed E-state index contributed by atoms with van der Waals surface area (Å²) in [5, 5.41) is 11.0. The molecule has 0 saturated carbocycles. The van der Waals surface area contributed by atoms with E-state index in [9.17, 15) is 0 Å². The van der Waals surface area contributed by atoms with Gasteiger partial charge in [-0.05, 0) is 28.8 Å². The van der Waals surface area contributed by atoms with Crippen molar-refractivity contribution in [3.63, 3.8) is 0 Å². The molecule has 7 heteroatoms. The van der Waals surface area contributed by atoms with Crippen LogP contribution >= 0.6 is 0 Å². The van der Waals surface area contributed by atoms with Gasteiger partial charge in [0.2, 0.25) is 5.88 Å². The molecule has 0 amide bonds. The Bertz CT molecular complexity index is 876. The average molecular weight is 364 g/mol. The van der Waals surface area contributed by atoms with Crippen LogP contribution in [0.3, 0.4) is 0 Å². The lowest BCUT2D eigenvalue weighted by Crippen LogP contribution is -2.36. The number of benzene rings is 1. The van der Waals surface area contributed by atoms with Crippen LogP contribution in [0.15, 0.2) is 66.0 Å². The van der Waals surface area contributed by atoms with E-state index in [1.807, 2.05) is 41.2 Å². The maximum Gasteiger partial charge on any atom is 0.213 e. The van der Waals surface area contributed by atoms with E-state index < -0.39 is 0 Å². The van der Waals surface area contributed by atoms with E-state index in [-0.39, 0.29) is 0 Å². The molecule has 0 atom stereocenters. The van der Waals surface area contributed by atoms with E-state index >= 15 is 0 Å². The predicted molar refractivity (Wildman–Crippen MR) is 106 cm³/mol. The number of pyridine rings is 1. The Morgan fingerprint density at radius 2 is 1.89 bits per heavy atom. The molecule has 140 valence electrons. The number of nitrogens with one attached hydrogen (secondary N) is 2. The molecule has 3 rings (SSSR count). The van der Waals surface area contributed by atoms with Gasteiger partial charge in [0, 0.05) is 44.8 Å². The fourth-order valence-corrected chi connectivity index (χ4v) is 2.71. The molecular weight excluding hydrogens is 340 g/mol. The minimum atomic E-state index is 0.602. The molecule has 1 aromatic carbocycles. The molecule has 0 unspecified atom stereocenters. The van der Waals surface area contributed by atoms with Gasteiger partial charge in [-0.2, -0.15) is 5.10 Å². The monoisotopic (exact) mass is 364 g/mol. The average Bonchev–Trinajstić information content (AvgIpc) is 3.22. The zero-order valence-electron chi connectivity index (χ0n) is 15.6. The van der Waals surface area contributed by atoms with E-state index in [4.69, 9.17) is 4.74 Å². The molecule has 0 aliphatic carbocycles. The summed E-state index contributed by atoms with van der Waals surface area (Å²) in [6.07, 6.45) is 5.49. The number of hydrogen-bond acceptors (Lipinski definition) is 4. The van der Waals surface area contributed by atoms with Crippen LogP contribution in [0.5, 0.6) is 5.88 Å². The Labute approximate surface area is 159 Å². The van der Waals surface area contributed by atoms with Gasteiger partial charge < -0.3 is 15.4 Å². The van der Waals surface area contributed by atoms with Crippen LogP contribution in [-0.2, 0) is 19.6 Å². The predicted octanol–water partition coefficient (Wildman–Crippen LogP) is 2.20. The molecule has 0 spiro atoms. The fourth-order valence-electron chi connectivity index (χ4n) is 2.71. The molecule has 0 saturated heterocycles. The van der Waals surface area contributed by atoms with Crippen LogP contribution in [0.2, 0.25) is 0 Å². The first-order valence-electron chi connectivity index (χ1n) is 8.76. The standard InChI is InChI=1S/C20H24N6O/c1-21-20(23-13-16-8-10-22-19(12-16)27-2)24-14-17-6-3-4-7-18(17)15-26-11-5-9-25-26/h3-12H,13-15H2,1-2H3,(H2,21,23,24). The largest absolute Gasteiger partial charge is 0.481 e. The summed E-state index contributed by atoms with van der Waals surface area (Å²) in [7, 11) is 3.37. The maximum absolute atomic E-state index is 5.16. The molecule has 0 fully saturated rings. The lowest BCUT2D eigenvalue weighted by atomic mass is 10.1. The third-order valence-electron chi connectivity index (χ3n) is 4.15. The Balaban J connectivity index is 1.58. The molecule has 7 nitrogen and oxygen atoms in total. The van der Waals surface area contributed by atoms with Gasteiger partial charge in [0.15, 0.2) is 5.96 Å². The highest BCUT2D eigenvalue weighted by Crippen LogP contribution is 2.11. The zero-order chi connectivity index (χ0) is 18.9. The SMILES string of the molecule is CN=C(NCc1ccnc(OC)c1)NCc1ccccc1Cn1cccn1. The molecule has 2 aromatic heterocycles. The first-order valence-corrected chi connectivity index (χ1v) is 8.76. The van der Waals surface area contributed by atoms with Crippen LogP contribution in [0.25, 0.3) is 0 Å². The van der Waals surface area contributed by atoms with Crippen LogP contribution in [0.4, 0.5) is 0 Å². The highest BCUT2D eigenvalue weighted by atomic mass is 16.5. The van der Waals surface area contributed by atoms with Crippen molar-refractivity contribution >= 4 is 5.96 Å². The van der Waals surface area contributed by atoms with Gasteiger partial charge in [0.25, 0.3) is 0 Å². The van der Waals surface area contributed by atoms with Crippen molar-refractivity contribution in [2.75, 3.05) is 14.2 Å². The van der Waals surface area contributed by atoms with Crippen molar-refractivity contribution in [1.29, 1.82) is 0 Å². The fraction of sp³-hybridized carbons (Fsp3) is 0.250. The summed E-state index contributed by atoms with van der Waals surface area (Å²) in [6.45, 7) is 2.05. The number of hydrogen-bond donors (Lipinski definition) is 2. The minimum absolute atomic E-state index is 0.602. The van der Waals surface area contributed by atoms with Crippen molar-refractivity contribution in [3.8, 4) is 5.88 Å². The van der Waals surface area contributed by atoms with E-state index in [0.717, 1.165) is 18.1 Å². The zero-order valence-corrected chi connectivity index (χ0v) is 15.6. The van der Waals surface area contributed by atoms with Gasteiger partial charge >= 0.3 is 0 Å². The summed E-state index contributed by atoms with van der Waals surface area (Å²) in [4.78, 5) is 8.41. The summed E-state index contributed by atoms with van der Waals surface area (Å²) in [5.74, 6) is 1.34. The number of methoxy groups -OCH3 is 1. The third-order valence-corrected chi connectivity index (χ3v) is 4.15.